The Labute approximate surface area is 109 Å². The molecule has 18 heavy (non-hydrogen) atoms. The highest BCUT2D eigenvalue weighted by atomic mass is 35.5. The van der Waals surface area contributed by atoms with Crippen molar-refractivity contribution in [3.63, 3.8) is 0 Å². The van der Waals surface area contributed by atoms with Crippen LogP contribution in [0.3, 0.4) is 0 Å². The largest absolute Gasteiger partial charge is 0.416 e. The van der Waals surface area contributed by atoms with Crippen LogP contribution in [0.2, 0.25) is 0 Å². The summed E-state index contributed by atoms with van der Waals surface area (Å²) in [5, 5.41) is 0.0899. The van der Waals surface area contributed by atoms with E-state index in [1.54, 1.807) is 0 Å². The normalized spacial score (nSPS) is 25.3. The van der Waals surface area contributed by atoms with Crippen LogP contribution >= 0.6 is 11.6 Å². The van der Waals surface area contributed by atoms with Crippen LogP contribution in [-0.2, 0) is 6.18 Å². The first-order valence-electron chi connectivity index (χ1n) is 5.80. The second kappa shape index (κ2) is 4.96. The molecule has 1 aromatic rings. The zero-order valence-electron chi connectivity index (χ0n) is 9.91. The summed E-state index contributed by atoms with van der Waals surface area (Å²) in [6.07, 6.45) is -2.36. The van der Waals surface area contributed by atoms with E-state index in [0.29, 0.717) is 18.9 Å². The number of aromatic nitrogens is 1. The minimum atomic E-state index is -4.33. The zero-order valence-corrected chi connectivity index (χ0v) is 10.7. The van der Waals surface area contributed by atoms with E-state index in [2.05, 4.69) is 4.98 Å². The first-order valence-corrected chi connectivity index (χ1v) is 6.24. The van der Waals surface area contributed by atoms with E-state index in [1.165, 1.54) is 6.20 Å². The van der Waals surface area contributed by atoms with Gasteiger partial charge in [-0.25, -0.2) is 4.98 Å². The lowest BCUT2D eigenvalue weighted by Crippen LogP contribution is -2.40. The number of hydrogen-bond donors (Lipinski definition) is 0. The smallest absolute Gasteiger partial charge is 0.356 e. The predicted octanol–water partition coefficient (Wildman–Crippen LogP) is 3.55. The number of rotatable bonds is 1. The third-order valence-electron chi connectivity index (χ3n) is 3.20. The summed E-state index contributed by atoms with van der Waals surface area (Å²) in [6, 6.07) is 2.09. The lowest BCUT2D eigenvalue weighted by atomic mass is 9.99. The third-order valence-corrected chi connectivity index (χ3v) is 3.85. The molecule has 1 aliphatic rings. The number of hydrogen-bond acceptors (Lipinski definition) is 2. The molecule has 0 bridgehead atoms. The molecule has 6 heteroatoms. The van der Waals surface area contributed by atoms with Gasteiger partial charge in [0.25, 0.3) is 0 Å². The molecule has 0 spiro atoms. The van der Waals surface area contributed by atoms with Gasteiger partial charge in [-0.05, 0) is 24.5 Å². The predicted molar refractivity (Wildman–Crippen MR) is 64.9 cm³/mol. The van der Waals surface area contributed by atoms with Gasteiger partial charge in [0.2, 0.25) is 0 Å². The molecular weight excluding hydrogens is 265 g/mol. The third kappa shape index (κ3) is 2.88. The first kappa shape index (κ1) is 13.5. The van der Waals surface area contributed by atoms with Gasteiger partial charge in [0.15, 0.2) is 0 Å². The lowest BCUT2D eigenvalue weighted by Gasteiger charge is -2.35. The molecule has 2 rings (SSSR count). The molecule has 0 aromatic carbocycles. The summed E-state index contributed by atoms with van der Waals surface area (Å²) < 4.78 is 37.8. The number of nitrogens with zero attached hydrogens (tertiary/aromatic N) is 2. The fourth-order valence-corrected chi connectivity index (χ4v) is 2.27. The van der Waals surface area contributed by atoms with Crippen molar-refractivity contribution in [2.45, 2.75) is 24.9 Å². The fourth-order valence-electron chi connectivity index (χ4n) is 2.09. The molecule has 1 aromatic heterocycles. The molecule has 2 unspecified atom stereocenters. The van der Waals surface area contributed by atoms with Gasteiger partial charge >= 0.3 is 6.18 Å². The summed E-state index contributed by atoms with van der Waals surface area (Å²) in [6.45, 7) is 3.28. The molecule has 2 nitrogen and oxygen atoms in total. The molecule has 100 valence electrons. The van der Waals surface area contributed by atoms with Crippen molar-refractivity contribution in [1.29, 1.82) is 0 Å². The van der Waals surface area contributed by atoms with Crippen LogP contribution in [0.1, 0.15) is 18.9 Å². The summed E-state index contributed by atoms with van der Waals surface area (Å²) in [5.74, 6) is 0.622. The number of piperidine rings is 1. The highest BCUT2D eigenvalue weighted by Gasteiger charge is 2.32. The van der Waals surface area contributed by atoms with Crippen LogP contribution in [0, 0.1) is 5.92 Å². The minimum absolute atomic E-state index is 0.0899. The van der Waals surface area contributed by atoms with E-state index < -0.39 is 11.7 Å². The Morgan fingerprint density at radius 2 is 2.17 bits per heavy atom. The molecule has 0 N–H and O–H groups in total. The van der Waals surface area contributed by atoms with Gasteiger partial charge in [-0.3, -0.25) is 0 Å². The average Bonchev–Trinajstić information content (AvgIpc) is 2.32. The molecule has 2 atom stereocenters. The van der Waals surface area contributed by atoms with E-state index in [-0.39, 0.29) is 11.3 Å². The summed E-state index contributed by atoms with van der Waals surface area (Å²) in [7, 11) is 0. The van der Waals surface area contributed by atoms with E-state index in [4.69, 9.17) is 11.6 Å². The monoisotopic (exact) mass is 278 g/mol. The molecule has 1 saturated heterocycles. The van der Waals surface area contributed by atoms with E-state index in [0.717, 1.165) is 18.6 Å². The van der Waals surface area contributed by atoms with Crippen molar-refractivity contribution in [2.75, 3.05) is 18.0 Å². The lowest BCUT2D eigenvalue weighted by molar-refractivity contribution is -0.137. The second-order valence-corrected chi connectivity index (χ2v) is 5.19. The maximum atomic E-state index is 12.6. The number of anilines is 1. The van der Waals surface area contributed by atoms with E-state index >= 15 is 0 Å². The fraction of sp³-hybridized carbons (Fsp3) is 0.583. The van der Waals surface area contributed by atoms with Gasteiger partial charge in [-0.2, -0.15) is 13.2 Å². The SMILES string of the molecule is CC1CN(c2cc(C(F)(F)F)ccn2)CCC1Cl. The van der Waals surface area contributed by atoms with Crippen LogP contribution in [0.4, 0.5) is 19.0 Å². The molecule has 2 heterocycles. The standard InChI is InChI=1S/C12H14ClF3N2/c1-8-7-18(5-3-10(8)13)11-6-9(2-4-17-11)12(14,15)16/h2,4,6,8,10H,3,5,7H2,1H3. The summed E-state index contributed by atoms with van der Waals surface area (Å²) in [5.41, 5.74) is -0.659. The highest BCUT2D eigenvalue weighted by molar-refractivity contribution is 6.20. The highest BCUT2D eigenvalue weighted by Crippen LogP contribution is 2.32. The van der Waals surface area contributed by atoms with Crippen molar-refractivity contribution < 1.29 is 13.2 Å². The Balaban J connectivity index is 2.19. The van der Waals surface area contributed by atoms with Gasteiger partial charge < -0.3 is 4.90 Å². The van der Waals surface area contributed by atoms with E-state index in [1.807, 2.05) is 11.8 Å². The molecule has 0 aliphatic carbocycles. The maximum Gasteiger partial charge on any atom is 0.416 e. The molecule has 0 amide bonds. The van der Waals surface area contributed by atoms with Crippen molar-refractivity contribution in [2.24, 2.45) is 5.92 Å². The molecule has 0 radical (unpaired) electrons. The summed E-state index contributed by atoms with van der Waals surface area (Å²) in [4.78, 5) is 5.88. The van der Waals surface area contributed by atoms with Gasteiger partial charge in [0, 0.05) is 24.7 Å². The Hall–Kier alpha value is -0.970. The van der Waals surface area contributed by atoms with Crippen molar-refractivity contribution in [3.05, 3.63) is 23.9 Å². The molecule has 0 saturated carbocycles. The van der Waals surface area contributed by atoms with Crippen LogP contribution in [0.15, 0.2) is 18.3 Å². The van der Waals surface area contributed by atoms with Crippen LogP contribution in [-0.4, -0.2) is 23.5 Å². The maximum absolute atomic E-state index is 12.6. The van der Waals surface area contributed by atoms with Gasteiger partial charge in [0.05, 0.1) is 5.56 Å². The molecular formula is C12H14ClF3N2. The Morgan fingerprint density at radius 1 is 1.44 bits per heavy atom. The van der Waals surface area contributed by atoms with Gasteiger partial charge in [-0.15, -0.1) is 11.6 Å². The Bertz CT molecular complexity index is 422. The molecule has 1 fully saturated rings. The van der Waals surface area contributed by atoms with Crippen molar-refractivity contribution >= 4 is 17.4 Å². The van der Waals surface area contributed by atoms with Gasteiger partial charge in [-0.1, -0.05) is 6.92 Å². The minimum Gasteiger partial charge on any atom is -0.356 e. The Morgan fingerprint density at radius 3 is 2.78 bits per heavy atom. The van der Waals surface area contributed by atoms with Crippen LogP contribution in [0.25, 0.3) is 0 Å². The van der Waals surface area contributed by atoms with Crippen LogP contribution in [0.5, 0.6) is 0 Å². The second-order valence-electron chi connectivity index (χ2n) is 4.63. The number of halogens is 4. The zero-order chi connectivity index (χ0) is 13.3. The number of pyridine rings is 1. The first-order chi connectivity index (χ1) is 8.38. The summed E-state index contributed by atoms with van der Waals surface area (Å²) >= 11 is 6.10. The van der Waals surface area contributed by atoms with E-state index in [9.17, 15) is 13.2 Å². The molecule has 1 aliphatic heterocycles. The number of alkyl halides is 4. The average molecular weight is 279 g/mol. The van der Waals surface area contributed by atoms with Crippen LogP contribution < -0.4 is 4.90 Å². The topological polar surface area (TPSA) is 16.1 Å². The van der Waals surface area contributed by atoms with Crippen molar-refractivity contribution in [1.82, 2.24) is 4.98 Å². The Kier molecular flexibility index (Phi) is 3.71. The van der Waals surface area contributed by atoms with Gasteiger partial charge in [0.1, 0.15) is 5.82 Å². The quantitative estimate of drug-likeness (QED) is 0.730. The van der Waals surface area contributed by atoms with Crippen molar-refractivity contribution in [3.8, 4) is 0 Å².